The summed E-state index contributed by atoms with van der Waals surface area (Å²) in [5.41, 5.74) is -1.07. The molecule has 0 spiro atoms. The van der Waals surface area contributed by atoms with E-state index in [4.69, 9.17) is 0 Å². The zero-order valence-corrected chi connectivity index (χ0v) is 11.1. The minimum atomic E-state index is -4.32. The third-order valence-electron chi connectivity index (χ3n) is 2.56. The fourth-order valence-corrected chi connectivity index (χ4v) is 1.32. The van der Waals surface area contributed by atoms with Crippen molar-refractivity contribution in [1.29, 1.82) is 0 Å². The molecule has 0 aliphatic rings. The van der Waals surface area contributed by atoms with Gasteiger partial charge in [0.25, 0.3) is 0 Å². The van der Waals surface area contributed by atoms with E-state index in [1.54, 1.807) is 6.92 Å². The molecule has 0 saturated carbocycles. The zero-order chi connectivity index (χ0) is 14.4. The number of alkyl halides is 3. The highest BCUT2D eigenvalue weighted by Gasteiger charge is 2.28. The van der Waals surface area contributed by atoms with Gasteiger partial charge in [-0.3, -0.25) is 4.79 Å². The molecular formula is C12H22F3NO2. The molecule has 2 N–H and O–H groups in total. The Morgan fingerprint density at radius 3 is 2.28 bits per heavy atom. The summed E-state index contributed by atoms with van der Waals surface area (Å²) in [4.78, 5) is 11.2. The van der Waals surface area contributed by atoms with Crippen molar-refractivity contribution in [2.45, 2.75) is 58.2 Å². The van der Waals surface area contributed by atoms with Gasteiger partial charge >= 0.3 is 6.18 Å². The quantitative estimate of drug-likeness (QED) is 0.746. The fraction of sp³-hybridized carbons (Fsp3) is 0.917. The number of halogens is 3. The molecule has 0 fully saturated rings. The molecule has 108 valence electrons. The van der Waals surface area contributed by atoms with Gasteiger partial charge in [0.1, 0.15) is 0 Å². The topological polar surface area (TPSA) is 49.3 Å². The standard InChI is InChI=1S/C12H22F3NO2/c1-9(2)4-6-11(3,18)8-16-10(17)5-7-12(13,14)15/h9,18H,4-8H2,1-3H3,(H,16,17). The van der Waals surface area contributed by atoms with Crippen LogP contribution in [0, 0.1) is 5.92 Å². The van der Waals surface area contributed by atoms with Gasteiger partial charge in [0, 0.05) is 13.0 Å². The van der Waals surface area contributed by atoms with E-state index in [0.717, 1.165) is 6.42 Å². The summed E-state index contributed by atoms with van der Waals surface area (Å²) in [5, 5.41) is 12.2. The Hall–Kier alpha value is -0.780. The van der Waals surface area contributed by atoms with E-state index in [-0.39, 0.29) is 6.54 Å². The van der Waals surface area contributed by atoms with Gasteiger partial charge in [0.15, 0.2) is 0 Å². The lowest BCUT2D eigenvalue weighted by Gasteiger charge is -2.24. The van der Waals surface area contributed by atoms with Crippen molar-refractivity contribution in [1.82, 2.24) is 5.32 Å². The summed E-state index contributed by atoms with van der Waals surface area (Å²) in [6, 6.07) is 0. The van der Waals surface area contributed by atoms with Crippen molar-refractivity contribution >= 4 is 5.91 Å². The lowest BCUT2D eigenvalue weighted by atomic mass is 9.95. The van der Waals surface area contributed by atoms with E-state index >= 15 is 0 Å². The summed E-state index contributed by atoms with van der Waals surface area (Å²) in [7, 11) is 0. The maximum Gasteiger partial charge on any atom is 0.389 e. The SMILES string of the molecule is CC(C)CCC(C)(O)CNC(=O)CCC(F)(F)F. The van der Waals surface area contributed by atoms with Crippen molar-refractivity contribution < 1.29 is 23.1 Å². The molecule has 0 aromatic rings. The molecule has 1 amide bonds. The molecule has 0 aromatic heterocycles. The van der Waals surface area contributed by atoms with Crippen LogP contribution in [-0.4, -0.2) is 29.3 Å². The van der Waals surface area contributed by atoms with Crippen LogP contribution in [0.4, 0.5) is 13.2 Å². The van der Waals surface area contributed by atoms with Gasteiger partial charge in [-0.1, -0.05) is 13.8 Å². The van der Waals surface area contributed by atoms with E-state index in [1.807, 2.05) is 13.8 Å². The fourth-order valence-electron chi connectivity index (χ4n) is 1.32. The Kier molecular flexibility index (Phi) is 6.67. The number of amides is 1. The van der Waals surface area contributed by atoms with Crippen LogP contribution in [0.3, 0.4) is 0 Å². The molecule has 0 rings (SSSR count). The molecule has 18 heavy (non-hydrogen) atoms. The number of nitrogens with one attached hydrogen (secondary N) is 1. The minimum Gasteiger partial charge on any atom is -0.388 e. The number of carbonyl (C=O) groups excluding carboxylic acids is 1. The molecular weight excluding hydrogens is 247 g/mol. The van der Waals surface area contributed by atoms with Crippen LogP contribution >= 0.6 is 0 Å². The lowest BCUT2D eigenvalue weighted by molar-refractivity contribution is -0.144. The normalized spacial score (nSPS) is 15.6. The molecule has 3 nitrogen and oxygen atoms in total. The van der Waals surface area contributed by atoms with Gasteiger partial charge in [0.2, 0.25) is 5.91 Å². The van der Waals surface area contributed by atoms with Crippen molar-refractivity contribution in [2.24, 2.45) is 5.92 Å². The molecule has 0 radical (unpaired) electrons. The lowest BCUT2D eigenvalue weighted by Crippen LogP contribution is -2.41. The summed E-state index contributed by atoms with van der Waals surface area (Å²) in [5.74, 6) is -0.255. The highest BCUT2D eigenvalue weighted by molar-refractivity contribution is 5.75. The Balaban J connectivity index is 3.89. The zero-order valence-electron chi connectivity index (χ0n) is 11.1. The van der Waals surface area contributed by atoms with E-state index < -0.39 is 30.5 Å². The number of rotatable bonds is 7. The van der Waals surface area contributed by atoms with Gasteiger partial charge in [-0.2, -0.15) is 13.2 Å². The predicted molar refractivity (Wildman–Crippen MR) is 63.0 cm³/mol. The molecule has 6 heteroatoms. The first-order valence-corrected chi connectivity index (χ1v) is 6.08. The molecule has 0 aromatic carbocycles. The van der Waals surface area contributed by atoms with Crippen LogP contribution in [0.2, 0.25) is 0 Å². The largest absolute Gasteiger partial charge is 0.389 e. The van der Waals surface area contributed by atoms with Crippen molar-refractivity contribution in [3.05, 3.63) is 0 Å². The van der Waals surface area contributed by atoms with E-state index in [0.29, 0.717) is 12.3 Å². The van der Waals surface area contributed by atoms with Crippen LogP contribution < -0.4 is 5.32 Å². The van der Waals surface area contributed by atoms with E-state index in [9.17, 15) is 23.1 Å². The van der Waals surface area contributed by atoms with Crippen LogP contribution in [0.5, 0.6) is 0 Å². The predicted octanol–water partition coefficient (Wildman–Crippen LogP) is 2.63. The molecule has 0 aliphatic heterocycles. The average molecular weight is 269 g/mol. The minimum absolute atomic E-state index is 0.0174. The Bertz CT molecular complexity index is 263. The van der Waals surface area contributed by atoms with E-state index in [1.165, 1.54) is 0 Å². The molecule has 0 aliphatic carbocycles. The smallest absolute Gasteiger partial charge is 0.388 e. The Labute approximate surface area is 106 Å². The average Bonchev–Trinajstić information content (AvgIpc) is 2.20. The van der Waals surface area contributed by atoms with Crippen LogP contribution in [0.15, 0.2) is 0 Å². The highest BCUT2D eigenvalue weighted by Crippen LogP contribution is 2.21. The van der Waals surface area contributed by atoms with Gasteiger partial charge in [0.05, 0.1) is 12.0 Å². The van der Waals surface area contributed by atoms with Gasteiger partial charge < -0.3 is 10.4 Å². The molecule has 1 atom stereocenters. The Morgan fingerprint density at radius 2 is 1.83 bits per heavy atom. The molecule has 0 saturated heterocycles. The summed E-state index contributed by atoms with van der Waals surface area (Å²) in [6.07, 6.45) is -4.75. The third kappa shape index (κ3) is 10.4. The van der Waals surface area contributed by atoms with Crippen LogP contribution in [0.1, 0.15) is 46.5 Å². The van der Waals surface area contributed by atoms with Crippen molar-refractivity contribution in [3.63, 3.8) is 0 Å². The van der Waals surface area contributed by atoms with Gasteiger partial charge in [-0.25, -0.2) is 0 Å². The van der Waals surface area contributed by atoms with Crippen LogP contribution in [0.25, 0.3) is 0 Å². The first-order chi connectivity index (χ1) is 8.02. The molecule has 1 unspecified atom stereocenters. The second-order valence-corrected chi connectivity index (χ2v) is 5.32. The highest BCUT2D eigenvalue weighted by atomic mass is 19.4. The van der Waals surface area contributed by atoms with Crippen molar-refractivity contribution in [3.8, 4) is 0 Å². The molecule has 0 heterocycles. The third-order valence-corrected chi connectivity index (χ3v) is 2.56. The number of carbonyl (C=O) groups is 1. The first-order valence-electron chi connectivity index (χ1n) is 6.08. The first kappa shape index (κ1) is 17.2. The van der Waals surface area contributed by atoms with Crippen molar-refractivity contribution in [2.75, 3.05) is 6.54 Å². The van der Waals surface area contributed by atoms with Gasteiger partial charge in [-0.05, 0) is 25.7 Å². The monoisotopic (exact) mass is 269 g/mol. The maximum atomic E-state index is 11.9. The summed E-state index contributed by atoms with van der Waals surface area (Å²) >= 11 is 0. The van der Waals surface area contributed by atoms with Crippen LogP contribution in [-0.2, 0) is 4.79 Å². The summed E-state index contributed by atoms with van der Waals surface area (Å²) in [6.45, 7) is 5.58. The van der Waals surface area contributed by atoms with E-state index in [2.05, 4.69) is 5.32 Å². The second-order valence-electron chi connectivity index (χ2n) is 5.32. The second kappa shape index (κ2) is 6.97. The number of hydrogen-bond acceptors (Lipinski definition) is 2. The van der Waals surface area contributed by atoms with Gasteiger partial charge in [-0.15, -0.1) is 0 Å². The molecule has 0 bridgehead atoms. The maximum absolute atomic E-state index is 11.9. The Morgan fingerprint density at radius 1 is 1.28 bits per heavy atom. The number of aliphatic hydroxyl groups is 1. The number of hydrogen-bond donors (Lipinski definition) is 2. The summed E-state index contributed by atoms with van der Waals surface area (Å²) < 4.78 is 35.6.